The van der Waals surface area contributed by atoms with Gasteiger partial charge in [-0.25, -0.2) is 0 Å². The SMILES string of the molecule is C=CCC(CCC=O)N1CCCCCC1=O. The van der Waals surface area contributed by atoms with E-state index in [2.05, 4.69) is 6.58 Å². The Morgan fingerprint density at radius 3 is 2.88 bits per heavy atom. The molecule has 16 heavy (non-hydrogen) atoms. The van der Waals surface area contributed by atoms with E-state index in [9.17, 15) is 9.59 Å². The molecule has 0 aliphatic carbocycles. The standard InChI is InChI=1S/C13H21NO2/c1-2-7-12(8-6-11-15)14-10-5-3-4-9-13(14)16/h2,11-12H,1,3-10H2. The highest BCUT2D eigenvalue weighted by molar-refractivity contribution is 5.76. The lowest BCUT2D eigenvalue weighted by molar-refractivity contribution is -0.133. The number of hydrogen-bond donors (Lipinski definition) is 0. The van der Waals surface area contributed by atoms with E-state index in [-0.39, 0.29) is 11.9 Å². The van der Waals surface area contributed by atoms with Gasteiger partial charge in [-0.3, -0.25) is 4.79 Å². The predicted octanol–water partition coefficient (Wildman–Crippen LogP) is 2.31. The summed E-state index contributed by atoms with van der Waals surface area (Å²) in [6, 6.07) is 0.174. The van der Waals surface area contributed by atoms with Crippen LogP contribution in [0.1, 0.15) is 44.9 Å². The average Bonchev–Trinajstić information content (AvgIpc) is 2.49. The molecule has 1 aliphatic rings. The number of amides is 1. The number of carbonyl (C=O) groups excluding carboxylic acids is 2. The lowest BCUT2D eigenvalue weighted by Crippen LogP contribution is -2.39. The van der Waals surface area contributed by atoms with Crippen LogP contribution in [0.3, 0.4) is 0 Å². The van der Waals surface area contributed by atoms with Gasteiger partial charge in [0.05, 0.1) is 0 Å². The van der Waals surface area contributed by atoms with Gasteiger partial charge in [0.2, 0.25) is 5.91 Å². The van der Waals surface area contributed by atoms with Crippen LogP contribution in [0, 0.1) is 0 Å². The molecule has 0 radical (unpaired) electrons. The van der Waals surface area contributed by atoms with E-state index < -0.39 is 0 Å². The average molecular weight is 223 g/mol. The Kier molecular flexibility index (Phi) is 5.83. The van der Waals surface area contributed by atoms with Crippen LogP contribution in [0.5, 0.6) is 0 Å². The van der Waals surface area contributed by atoms with E-state index in [0.29, 0.717) is 12.8 Å². The summed E-state index contributed by atoms with van der Waals surface area (Å²) in [5, 5.41) is 0. The Morgan fingerprint density at radius 2 is 2.19 bits per heavy atom. The van der Waals surface area contributed by atoms with Gasteiger partial charge in [0.1, 0.15) is 6.29 Å². The van der Waals surface area contributed by atoms with Crippen molar-refractivity contribution in [2.75, 3.05) is 6.54 Å². The molecular formula is C13H21NO2. The molecule has 3 nitrogen and oxygen atoms in total. The first-order chi connectivity index (χ1) is 7.79. The van der Waals surface area contributed by atoms with Crippen molar-refractivity contribution in [1.29, 1.82) is 0 Å². The minimum atomic E-state index is 0.174. The van der Waals surface area contributed by atoms with Gasteiger partial charge in [-0.05, 0) is 25.7 Å². The molecule has 1 fully saturated rings. The van der Waals surface area contributed by atoms with Crippen molar-refractivity contribution in [3.05, 3.63) is 12.7 Å². The highest BCUT2D eigenvalue weighted by Crippen LogP contribution is 2.18. The van der Waals surface area contributed by atoms with Crippen molar-refractivity contribution in [3.63, 3.8) is 0 Å². The zero-order valence-corrected chi connectivity index (χ0v) is 9.86. The summed E-state index contributed by atoms with van der Waals surface area (Å²) >= 11 is 0. The van der Waals surface area contributed by atoms with Crippen molar-refractivity contribution in [1.82, 2.24) is 4.90 Å². The molecule has 1 heterocycles. The van der Waals surface area contributed by atoms with E-state index in [4.69, 9.17) is 0 Å². The molecule has 1 rings (SSSR count). The van der Waals surface area contributed by atoms with Crippen LogP contribution in [0.15, 0.2) is 12.7 Å². The van der Waals surface area contributed by atoms with Gasteiger partial charge < -0.3 is 9.69 Å². The Labute approximate surface area is 97.5 Å². The smallest absolute Gasteiger partial charge is 0.222 e. The zero-order chi connectivity index (χ0) is 11.8. The second-order valence-corrected chi connectivity index (χ2v) is 4.32. The monoisotopic (exact) mass is 223 g/mol. The number of likely N-dealkylation sites (tertiary alicyclic amines) is 1. The summed E-state index contributed by atoms with van der Waals surface area (Å²) in [4.78, 5) is 24.3. The van der Waals surface area contributed by atoms with Crippen LogP contribution < -0.4 is 0 Å². The third kappa shape index (κ3) is 3.80. The Hall–Kier alpha value is -1.12. The molecule has 0 spiro atoms. The lowest BCUT2D eigenvalue weighted by Gasteiger charge is -2.30. The predicted molar refractivity (Wildman–Crippen MR) is 64.1 cm³/mol. The van der Waals surface area contributed by atoms with Crippen molar-refractivity contribution >= 4 is 12.2 Å². The first-order valence-corrected chi connectivity index (χ1v) is 6.13. The maximum Gasteiger partial charge on any atom is 0.222 e. The largest absolute Gasteiger partial charge is 0.339 e. The van der Waals surface area contributed by atoms with Gasteiger partial charge in [-0.15, -0.1) is 6.58 Å². The lowest BCUT2D eigenvalue weighted by atomic mass is 10.1. The molecule has 1 atom stereocenters. The fraction of sp³-hybridized carbons (Fsp3) is 0.692. The van der Waals surface area contributed by atoms with Gasteiger partial charge in [0.15, 0.2) is 0 Å². The molecule has 0 aromatic rings. The summed E-state index contributed by atoms with van der Waals surface area (Å²) in [6.07, 6.45) is 8.74. The van der Waals surface area contributed by atoms with Crippen molar-refractivity contribution in [2.45, 2.75) is 51.0 Å². The zero-order valence-electron chi connectivity index (χ0n) is 9.86. The van der Waals surface area contributed by atoms with Gasteiger partial charge in [-0.1, -0.05) is 12.5 Å². The summed E-state index contributed by atoms with van der Waals surface area (Å²) in [5.41, 5.74) is 0. The van der Waals surface area contributed by atoms with Gasteiger partial charge in [0, 0.05) is 25.4 Å². The molecule has 3 heteroatoms. The van der Waals surface area contributed by atoms with E-state index in [1.54, 1.807) is 0 Å². The van der Waals surface area contributed by atoms with Gasteiger partial charge in [-0.2, -0.15) is 0 Å². The van der Waals surface area contributed by atoms with Crippen LogP contribution in [0.25, 0.3) is 0 Å². The van der Waals surface area contributed by atoms with Crippen LogP contribution >= 0.6 is 0 Å². The molecular weight excluding hydrogens is 202 g/mol. The van der Waals surface area contributed by atoms with E-state index in [0.717, 1.165) is 44.9 Å². The molecule has 0 N–H and O–H groups in total. The fourth-order valence-corrected chi connectivity index (χ4v) is 2.24. The summed E-state index contributed by atoms with van der Waals surface area (Å²) in [7, 11) is 0. The normalized spacial score (nSPS) is 19.0. The first kappa shape index (κ1) is 12.9. The molecule has 0 bridgehead atoms. The number of rotatable bonds is 6. The molecule has 1 unspecified atom stereocenters. The van der Waals surface area contributed by atoms with Crippen molar-refractivity contribution < 1.29 is 9.59 Å². The van der Waals surface area contributed by atoms with Gasteiger partial charge >= 0.3 is 0 Å². The van der Waals surface area contributed by atoms with Crippen molar-refractivity contribution in [3.8, 4) is 0 Å². The minimum Gasteiger partial charge on any atom is -0.339 e. The Bertz CT molecular complexity index is 250. The summed E-state index contributed by atoms with van der Waals surface area (Å²) in [5.74, 6) is 0.246. The van der Waals surface area contributed by atoms with Crippen molar-refractivity contribution in [2.24, 2.45) is 0 Å². The third-order valence-corrected chi connectivity index (χ3v) is 3.11. The van der Waals surface area contributed by atoms with Gasteiger partial charge in [0.25, 0.3) is 0 Å². The molecule has 1 amide bonds. The molecule has 0 aromatic carbocycles. The van der Waals surface area contributed by atoms with Crippen LogP contribution in [-0.2, 0) is 9.59 Å². The third-order valence-electron chi connectivity index (χ3n) is 3.11. The maximum atomic E-state index is 11.9. The molecule has 90 valence electrons. The Balaban J connectivity index is 2.61. The minimum absolute atomic E-state index is 0.174. The Morgan fingerprint density at radius 1 is 1.38 bits per heavy atom. The maximum absolute atomic E-state index is 11.9. The second-order valence-electron chi connectivity index (χ2n) is 4.32. The highest BCUT2D eigenvalue weighted by Gasteiger charge is 2.23. The quantitative estimate of drug-likeness (QED) is 0.512. The number of nitrogens with zero attached hydrogens (tertiary/aromatic N) is 1. The number of hydrogen-bond acceptors (Lipinski definition) is 2. The topological polar surface area (TPSA) is 37.4 Å². The molecule has 0 aromatic heterocycles. The van der Waals surface area contributed by atoms with E-state index in [1.807, 2.05) is 11.0 Å². The van der Waals surface area contributed by atoms with Crippen LogP contribution in [-0.4, -0.2) is 29.7 Å². The molecule has 0 saturated carbocycles. The number of carbonyl (C=O) groups is 2. The summed E-state index contributed by atoms with van der Waals surface area (Å²) in [6.45, 7) is 4.57. The van der Waals surface area contributed by atoms with Crippen LogP contribution in [0.4, 0.5) is 0 Å². The van der Waals surface area contributed by atoms with Crippen LogP contribution in [0.2, 0.25) is 0 Å². The number of aldehydes is 1. The van der Waals surface area contributed by atoms with E-state index >= 15 is 0 Å². The second kappa shape index (κ2) is 7.20. The first-order valence-electron chi connectivity index (χ1n) is 6.13. The summed E-state index contributed by atoms with van der Waals surface area (Å²) < 4.78 is 0. The van der Waals surface area contributed by atoms with E-state index in [1.165, 1.54) is 0 Å². The fourth-order valence-electron chi connectivity index (χ4n) is 2.24. The molecule has 1 saturated heterocycles. The highest BCUT2D eigenvalue weighted by atomic mass is 16.2. The molecule has 1 aliphatic heterocycles.